The summed E-state index contributed by atoms with van der Waals surface area (Å²) >= 11 is 0. The highest BCUT2D eigenvalue weighted by Gasteiger charge is 2.22. The lowest BCUT2D eigenvalue weighted by molar-refractivity contribution is 0.145. The van der Waals surface area contributed by atoms with Gasteiger partial charge in [-0.15, -0.1) is 12.3 Å². The van der Waals surface area contributed by atoms with E-state index in [9.17, 15) is 13.9 Å². The van der Waals surface area contributed by atoms with E-state index in [4.69, 9.17) is 6.42 Å². The van der Waals surface area contributed by atoms with Gasteiger partial charge >= 0.3 is 0 Å². The van der Waals surface area contributed by atoms with Crippen LogP contribution in [0.2, 0.25) is 0 Å². The van der Waals surface area contributed by atoms with Crippen molar-refractivity contribution in [2.45, 2.75) is 18.6 Å². The second kappa shape index (κ2) is 5.69. The van der Waals surface area contributed by atoms with Crippen molar-refractivity contribution < 1.29 is 13.9 Å². The summed E-state index contributed by atoms with van der Waals surface area (Å²) in [4.78, 5) is 0. The van der Waals surface area contributed by atoms with Gasteiger partial charge in [0.05, 0.1) is 6.04 Å². The fraction of sp³-hybridized carbons (Fsp3) is 0.273. The highest BCUT2D eigenvalue weighted by Crippen LogP contribution is 2.25. The normalized spacial score (nSPS) is 13.9. The molecule has 2 nitrogen and oxygen atoms in total. The van der Waals surface area contributed by atoms with Crippen LogP contribution in [-0.4, -0.2) is 11.1 Å². The quantitative estimate of drug-likeness (QED) is 0.638. The summed E-state index contributed by atoms with van der Waals surface area (Å²) in [6, 6.07) is 2.15. The van der Waals surface area contributed by atoms with Crippen LogP contribution >= 0.6 is 9.03 Å². The van der Waals surface area contributed by atoms with Gasteiger partial charge < -0.3 is 5.11 Å². The average Bonchev–Trinajstić information content (AvgIpc) is 2.28. The number of rotatable bonds is 4. The molecule has 5 heteroatoms. The number of halogens is 2. The van der Waals surface area contributed by atoms with Crippen molar-refractivity contribution >= 4 is 9.03 Å². The monoisotopic (exact) mass is 241 g/mol. The van der Waals surface area contributed by atoms with Gasteiger partial charge in [0, 0.05) is 12.0 Å². The standard InChI is InChI=1S/C11H10F2NOP/c1-2-3-10(14-16)11(15)8-6-7(12)4-5-9(8)13/h1,4-6,10-11,15-16H,3H2/t10-,11+/m0/s1. The fourth-order valence-corrected chi connectivity index (χ4v) is 1.53. The second-order valence-corrected chi connectivity index (χ2v) is 3.47. The molecule has 1 rings (SSSR count). The molecule has 0 unspecified atom stereocenters. The molecular formula is C11H10F2NOP. The Kier molecular flexibility index (Phi) is 4.54. The third-order valence-electron chi connectivity index (χ3n) is 2.13. The van der Waals surface area contributed by atoms with Gasteiger partial charge in [0.25, 0.3) is 0 Å². The second-order valence-electron chi connectivity index (χ2n) is 3.22. The maximum Gasteiger partial charge on any atom is 0.129 e. The van der Waals surface area contributed by atoms with Gasteiger partial charge in [0.1, 0.15) is 17.7 Å². The smallest absolute Gasteiger partial charge is 0.129 e. The highest BCUT2D eigenvalue weighted by atomic mass is 31.0. The molecule has 0 aliphatic carbocycles. The zero-order valence-electron chi connectivity index (χ0n) is 8.32. The molecule has 1 aromatic rings. The predicted octanol–water partition coefficient (Wildman–Crippen LogP) is 2.72. The Morgan fingerprint density at radius 2 is 2.19 bits per heavy atom. The third-order valence-corrected chi connectivity index (χ3v) is 2.47. The number of nitrogens with zero attached hydrogens (tertiary/aromatic N) is 1. The summed E-state index contributed by atoms with van der Waals surface area (Å²) in [6.07, 6.45) is 3.93. The molecule has 2 atom stereocenters. The minimum atomic E-state index is -1.27. The zero-order chi connectivity index (χ0) is 12.1. The van der Waals surface area contributed by atoms with Crippen LogP contribution in [0.5, 0.6) is 0 Å². The van der Waals surface area contributed by atoms with Crippen molar-refractivity contribution in [3.63, 3.8) is 0 Å². The van der Waals surface area contributed by atoms with Crippen LogP contribution in [0.25, 0.3) is 0 Å². The molecule has 0 saturated heterocycles. The Balaban J connectivity index is 3.03. The van der Waals surface area contributed by atoms with Crippen molar-refractivity contribution in [2.24, 2.45) is 4.74 Å². The Bertz CT molecular complexity index is 430. The summed E-state index contributed by atoms with van der Waals surface area (Å²) in [5, 5.41) is 9.79. The SMILES string of the molecule is C#CC[C@H](N=P)[C@H](O)c1cc(F)ccc1F. The molecule has 0 heterocycles. The fourth-order valence-electron chi connectivity index (χ4n) is 1.30. The largest absolute Gasteiger partial charge is 0.386 e. The van der Waals surface area contributed by atoms with Crippen LogP contribution in [0.3, 0.4) is 0 Å². The zero-order valence-corrected chi connectivity index (χ0v) is 9.32. The first kappa shape index (κ1) is 12.8. The summed E-state index contributed by atoms with van der Waals surface area (Å²) < 4.78 is 29.9. The van der Waals surface area contributed by atoms with Gasteiger partial charge in [-0.25, -0.2) is 8.78 Å². The molecule has 0 bridgehead atoms. The van der Waals surface area contributed by atoms with E-state index in [-0.39, 0.29) is 12.0 Å². The van der Waals surface area contributed by atoms with Crippen LogP contribution in [0.4, 0.5) is 8.78 Å². The first-order chi connectivity index (χ1) is 7.60. The molecule has 0 spiro atoms. The van der Waals surface area contributed by atoms with Crippen LogP contribution in [-0.2, 0) is 0 Å². The van der Waals surface area contributed by atoms with E-state index in [1.165, 1.54) is 0 Å². The van der Waals surface area contributed by atoms with Crippen molar-refractivity contribution in [1.82, 2.24) is 0 Å². The van der Waals surface area contributed by atoms with E-state index in [1.807, 2.05) is 0 Å². The molecule has 84 valence electrons. The van der Waals surface area contributed by atoms with E-state index >= 15 is 0 Å². The Hall–Kier alpha value is -1.30. The van der Waals surface area contributed by atoms with Gasteiger partial charge in [-0.3, -0.25) is 4.74 Å². The number of terminal acetylenes is 1. The molecule has 0 fully saturated rings. The third kappa shape index (κ3) is 2.85. The van der Waals surface area contributed by atoms with Crippen molar-refractivity contribution in [2.75, 3.05) is 0 Å². The molecule has 0 aliphatic heterocycles. The Morgan fingerprint density at radius 3 is 2.75 bits per heavy atom. The van der Waals surface area contributed by atoms with Gasteiger partial charge in [-0.05, 0) is 27.2 Å². The lowest BCUT2D eigenvalue weighted by Gasteiger charge is -2.17. The highest BCUT2D eigenvalue weighted by molar-refractivity contribution is 7.04. The van der Waals surface area contributed by atoms with Crippen molar-refractivity contribution in [3.8, 4) is 12.3 Å². The maximum absolute atomic E-state index is 13.3. The minimum Gasteiger partial charge on any atom is -0.386 e. The molecule has 0 aliphatic rings. The number of hydrogen-bond donors (Lipinski definition) is 1. The molecule has 1 aromatic carbocycles. The van der Waals surface area contributed by atoms with E-state index in [1.54, 1.807) is 0 Å². The average molecular weight is 241 g/mol. The van der Waals surface area contributed by atoms with Gasteiger partial charge in [0.15, 0.2) is 0 Å². The Morgan fingerprint density at radius 1 is 1.50 bits per heavy atom. The van der Waals surface area contributed by atoms with Crippen LogP contribution < -0.4 is 0 Å². The molecule has 0 radical (unpaired) electrons. The first-order valence-electron chi connectivity index (χ1n) is 4.53. The minimum absolute atomic E-state index is 0.126. The Labute approximate surface area is 94.6 Å². The molecule has 0 amide bonds. The summed E-state index contributed by atoms with van der Waals surface area (Å²) in [5.74, 6) is 0.992. The first-order valence-corrected chi connectivity index (χ1v) is 4.98. The van der Waals surface area contributed by atoms with Crippen LogP contribution in [0, 0.1) is 24.0 Å². The predicted molar refractivity (Wildman–Crippen MR) is 59.3 cm³/mol. The lowest BCUT2D eigenvalue weighted by atomic mass is 10.0. The number of benzene rings is 1. The van der Waals surface area contributed by atoms with Crippen LogP contribution in [0.1, 0.15) is 18.1 Å². The lowest BCUT2D eigenvalue weighted by Crippen LogP contribution is -2.16. The van der Waals surface area contributed by atoms with Gasteiger partial charge in [-0.1, -0.05) is 0 Å². The summed E-state index contributed by atoms with van der Waals surface area (Å²) in [5.41, 5.74) is -0.151. The topological polar surface area (TPSA) is 32.6 Å². The number of aliphatic hydroxyl groups is 1. The van der Waals surface area contributed by atoms with E-state index in [0.29, 0.717) is 0 Å². The van der Waals surface area contributed by atoms with E-state index in [0.717, 1.165) is 18.2 Å². The van der Waals surface area contributed by atoms with Crippen molar-refractivity contribution in [3.05, 3.63) is 35.4 Å². The number of hydrogen-bond acceptors (Lipinski definition) is 2. The number of aliphatic hydroxyl groups excluding tert-OH is 1. The van der Waals surface area contributed by atoms with E-state index < -0.39 is 23.8 Å². The summed E-state index contributed by atoms with van der Waals surface area (Å²) in [7, 11) is 2.86. The molecule has 1 N–H and O–H groups in total. The molecular weight excluding hydrogens is 231 g/mol. The molecule has 0 saturated carbocycles. The molecule has 0 aromatic heterocycles. The van der Waals surface area contributed by atoms with E-state index in [2.05, 4.69) is 19.7 Å². The van der Waals surface area contributed by atoms with Gasteiger partial charge in [-0.2, -0.15) is 0 Å². The van der Waals surface area contributed by atoms with Crippen molar-refractivity contribution in [1.29, 1.82) is 0 Å². The maximum atomic E-state index is 13.3. The van der Waals surface area contributed by atoms with Crippen LogP contribution in [0.15, 0.2) is 22.9 Å². The molecule has 16 heavy (non-hydrogen) atoms. The summed E-state index contributed by atoms with van der Waals surface area (Å²) in [6.45, 7) is 0. The van der Waals surface area contributed by atoms with Gasteiger partial charge in [0.2, 0.25) is 0 Å².